The molecule has 2 aliphatic rings. The maximum absolute atomic E-state index is 12.7. The second kappa shape index (κ2) is 6.37. The fourth-order valence-corrected chi connectivity index (χ4v) is 3.55. The van der Waals surface area contributed by atoms with E-state index in [1.165, 1.54) is 12.5 Å². The fraction of sp³-hybridized carbons (Fsp3) is 0.300. The van der Waals surface area contributed by atoms with Gasteiger partial charge in [-0.2, -0.15) is 0 Å². The third-order valence-corrected chi connectivity index (χ3v) is 4.83. The van der Waals surface area contributed by atoms with Crippen LogP contribution < -0.4 is 19.7 Å². The van der Waals surface area contributed by atoms with Gasteiger partial charge in [-0.3, -0.25) is 9.59 Å². The molecule has 2 aromatic carbocycles. The number of ether oxygens (including phenoxy) is 2. The Balaban J connectivity index is 1.55. The van der Waals surface area contributed by atoms with Gasteiger partial charge in [0.2, 0.25) is 12.7 Å². The van der Waals surface area contributed by atoms with Crippen LogP contribution in [-0.2, 0) is 11.2 Å². The van der Waals surface area contributed by atoms with Crippen molar-refractivity contribution in [3.8, 4) is 11.5 Å². The zero-order valence-corrected chi connectivity index (χ0v) is 14.7. The van der Waals surface area contributed by atoms with Crippen LogP contribution in [0.3, 0.4) is 0 Å². The van der Waals surface area contributed by atoms with E-state index in [4.69, 9.17) is 9.47 Å². The van der Waals surface area contributed by atoms with Crippen molar-refractivity contribution in [1.29, 1.82) is 0 Å². The molecule has 26 heavy (non-hydrogen) atoms. The molecule has 1 amide bonds. The van der Waals surface area contributed by atoms with Crippen molar-refractivity contribution >= 4 is 23.1 Å². The van der Waals surface area contributed by atoms with Gasteiger partial charge in [0.15, 0.2) is 17.3 Å². The number of fused-ring (bicyclic) bond motifs is 2. The van der Waals surface area contributed by atoms with E-state index in [9.17, 15) is 9.59 Å². The molecule has 0 saturated heterocycles. The van der Waals surface area contributed by atoms with Crippen molar-refractivity contribution in [2.75, 3.05) is 23.6 Å². The Morgan fingerprint density at radius 2 is 1.92 bits per heavy atom. The molecule has 0 spiro atoms. The molecule has 4 rings (SSSR count). The van der Waals surface area contributed by atoms with Gasteiger partial charge in [-0.15, -0.1) is 0 Å². The lowest BCUT2D eigenvalue weighted by molar-refractivity contribution is -0.115. The largest absolute Gasteiger partial charge is 0.454 e. The number of amides is 1. The summed E-state index contributed by atoms with van der Waals surface area (Å²) in [5.74, 6) is 0.744. The Bertz CT molecular complexity index is 893. The van der Waals surface area contributed by atoms with E-state index < -0.39 is 0 Å². The molecule has 2 aliphatic heterocycles. The standard InChI is InChI=1S/C20H20N2O4/c1-12-7-14-5-3-4-6-17(14)22(12)10-20(24)21-16-9-19-18(25-11-26-19)8-15(16)13(2)23/h3-6,8-9,12H,7,10-11H2,1-2H3,(H,21,24)/t12-/m1/s1. The molecule has 6 heteroatoms. The van der Waals surface area contributed by atoms with Gasteiger partial charge in [-0.05, 0) is 38.0 Å². The molecule has 0 radical (unpaired) electrons. The third-order valence-electron chi connectivity index (χ3n) is 4.83. The highest BCUT2D eigenvalue weighted by Gasteiger charge is 2.28. The van der Waals surface area contributed by atoms with E-state index >= 15 is 0 Å². The molecule has 0 unspecified atom stereocenters. The van der Waals surface area contributed by atoms with Crippen LogP contribution in [0.15, 0.2) is 36.4 Å². The van der Waals surface area contributed by atoms with Crippen LogP contribution in [-0.4, -0.2) is 31.1 Å². The predicted molar refractivity (Wildman–Crippen MR) is 98.2 cm³/mol. The number of anilines is 2. The van der Waals surface area contributed by atoms with Gasteiger partial charge >= 0.3 is 0 Å². The number of nitrogens with one attached hydrogen (secondary N) is 1. The summed E-state index contributed by atoms with van der Waals surface area (Å²) in [4.78, 5) is 26.7. The molecule has 2 aromatic rings. The minimum absolute atomic E-state index is 0.117. The lowest BCUT2D eigenvalue weighted by Crippen LogP contribution is -2.37. The van der Waals surface area contributed by atoms with Crippen LogP contribution >= 0.6 is 0 Å². The Morgan fingerprint density at radius 3 is 2.69 bits per heavy atom. The first-order valence-electron chi connectivity index (χ1n) is 8.62. The van der Waals surface area contributed by atoms with E-state index in [0.29, 0.717) is 22.7 Å². The van der Waals surface area contributed by atoms with E-state index in [2.05, 4.69) is 23.2 Å². The van der Waals surface area contributed by atoms with Crippen LogP contribution in [0.4, 0.5) is 11.4 Å². The van der Waals surface area contributed by atoms with Gasteiger partial charge in [0.1, 0.15) is 0 Å². The Labute approximate surface area is 151 Å². The molecule has 0 fully saturated rings. The summed E-state index contributed by atoms with van der Waals surface area (Å²) in [5.41, 5.74) is 3.21. The molecular weight excluding hydrogens is 332 g/mol. The topological polar surface area (TPSA) is 67.9 Å². The van der Waals surface area contributed by atoms with Crippen molar-refractivity contribution in [3.63, 3.8) is 0 Å². The maximum atomic E-state index is 12.7. The summed E-state index contributed by atoms with van der Waals surface area (Å²) in [6, 6.07) is 11.6. The van der Waals surface area contributed by atoms with Gasteiger partial charge < -0.3 is 19.7 Å². The number of carbonyl (C=O) groups excluding carboxylic acids is 2. The first kappa shape index (κ1) is 16.4. The van der Waals surface area contributed by atoms with Gasteiger partial charge in [-0.25, -0.2) is 0 Å². The summed E-state index contributed by atoms with van der Waals surface area (Å²) >= 11 is 0. The number of rotatable bonds is 4. The van der Waals surface area contributed by atoms with Crippen LogP contribution in [0.1, 0.15) is 29.8 Å². The third kappa shape index (κ3) is 2.87. The molecule has 134 valence electrons. The number of nitrogens with zero attached hydrogens (tertiary/aromatic N) is 1. The number of benzene rings is 2. The minimum Gasteiger partial charge on any atom is -0.454 e. The van der Waals surface area contributed by atoms with E-state index in [-0.39, 0.29) is 31.1 Å². The van der Waals surface area contributed by atoms with E-state index in [1.807, 2.05) is 18.2 Å². The highest BCUT2D eigenvalue weighted by Crippen LogP contribution is 2.37. The van der Waals surface area contributed by atoms with Crippen molar-refractivity contribution < 1.29 is 19.1 Å². The molecule has 1 N–H and O–H groups in total. The molecular formula is C20H20N2O4. The van der Waals surface area contributed by atoms with E-state index in [1.54, 1.807) is 12.1 Å². The molecule has 6 nitrogen and oxygen atoms in total. The van der Waals surface area contributed by atoms with E-state index in [0.717, 1.165) is 12.1 Å². The van der Waals surface area contributed by atoms with Crippen LogP contribution in [0.25, 0.3) is 0 Å². The second-order valence-corrected chi connectivity index (χ2v) is 6.67. The van der Waals surface area contributed by atoms with Crippen molar-refractivity contribution in [1.82, 2.24) is 0 Å². The number of hydrogen-bond donors (Lipinski definition) is 1. The maximum Gasteiger partial charge on any atom is 0.243 e. The van der Waals surface area contributed by atoms with Crippen LogP contribution in [0.2, 0.25) is 0 Å². The average Bonchev–Trinajstić information content (AvgIpc) is 3.18. The zero-order valence-electron chi connectivity index (χ0n) is 14.7. The van der Waals surface area contributed by atoms with Gasteiger partial charge in [-0.1, -0.05) is 18.2 Å². The highest BCUT2D eigenvalue weighted by atomic mass is 16.7. The SMILES string of the molecule is CC(=O)c1cc2c(cc1NC(=O)CN1c3ccccc3C[C@H]1C)OCO2. The lowest BCUT2D eigenvalue weighted by atomic mass is 10.1. The Kier molecular flexibility index (Phi) is 4.03. The van der Waals surface area contributed by atoms with Crippen LogP contribution in [0, 0.1) is 0 Å². The van der Waals surface area contributed by atoms with Gasteiger partial charge in [0.05, 0.1) is 12.2 Å². The normalized spacial score (nSPS) is 17.2. The predicted octanol–water partition coefficient (Wildman–Crippen LogP) is 3.01. The smallest absolute Gasteiger partial charge is 0.243 e. The molecule has 0 aliphatic carbocycles. The second-order valence-electron chi connectivity index (χ2n) is 6.67. The zero-order chi connectivity index (χ0) is 18.3. The summed E-state index contributed by atoms with van der Waals surface area (Å²) in [7, 11) is 0. The number of hydrogen-bond acceptors (Lipinski definition) is 5. The molecule has 1 atom stereocenters. The van der Waals surface area contributed by atoms with Crippen LogP contribution in [0.5, 0.6) is 11.5 Å². The summed E-state index contributed by atoms with van der Waals surface area (Å²) < 4.78 is 10.7. The number of Topliss-reactive ketones (excluding diaryl/α,β-unsaturated/α-hetero) is 1. The van der Waals surface area contributed by atoms with Crippen molar-refractivity contribution in [3.05, 3.63) is 47.5 Å². The quantitative estimate of drug-likeness (QED) is 0.857. The lowest BCUT2D eigenvalue weighted by Gasteiger charge is -2.24. The summed E-state index contributed by atoms with van der Waals surface area (Å²) in [6.07, 6.45) is 0.923. The summed E-state index contributed by atoms with van der Waals surface area (Å²) in [5, 5.41) is 2.86. The number of carbonyl (C=O) groups is 2. The molecule has 2 heterocycles. The minimum atomic E-state index is -0.171. The van der Waals surface area contributed by atoms with Gasteiger partial charge in [0.25, 0.3) is 0 Å². The molecule has 0 saturated carbocycles. The first-order valence-corrected chi connectivity index (χ1v) is 8.62. The molecule has 0 aromatic heterocycles. The van der Waals surface area contributed by atoms with Gasteiger partial charge in [0, 0.05) is 23.4 Å². The molecule has 0 bridgehead atoms. The highest BCUT2D eigenvalue weighted by molar-refractivity contribution is 6.05. The monoisotopic (exact) mass is 352 g/mol. The first-order chi connectivity index (χ1) is 12.5. The van der Waals surface area contributed by atoms with Crippen molar-refractivity contribution in [2.24, 2.45) is 0 Å². The number of para-hydroxylation sites is 1. The van der Waals surface area contributed by atoms with Crippen molar-refractivity contribution in [2.45, 2.75) is 26.3 Å². The number of ketones is 1. The Hall–Kier alpha value is -3.02. The average molecular weight is 352 g/mol. The Morgan fingerprint density at radius 1 is 1.19 bits per heavy atom. The fourth-order valence-electron chi connectivity index (χ4n) is 3.55. The summed E-state index contributed by atoms with van der Waals surface area (Å²) in [6.45, 7) is 3.91.